The third kappa shape index (κ3) is 1.85. The molecule has 0 saturated heterocycles. The van der Waals surface area contributed by atoms with Crippen molar-refractivity contribution < 1.29 is 4.21 Å². The molecule has 0 atom stereocenters. The van der Waals surface area contributed by atoms with Crippen molar-refractivity contribution in [3.05, 3.63) is 30.1 Å². The van der Waals surface area contributed by atoms with Crippen molar-refractivity contribution >= 4 is 11.7 Å². The second-order valence-corrected chi connectivity index (χ2v) is 2.14. The molecule has 1 aromatic rings. The average Bonchev–Trinajstić information content (AvgIpc) is 1.91. The molecule has 0 radical (unpaired) electrons. The Bertz CT molecular complexity index is 188. The molecule has 2 nitrogen and oxygen atoms in total. The van der Waals surface area contributed by atoms with Crippen LogP contribution >= 0.6 is 0 Å². The zero-order valence-electron chi connectivity index (χ0n) is 4.78. The monoisotopic (exact) mass is 140 g/mol. The van der Waals surface area contributed by atoms with E-state index < -0.39 is 0 Å². The van der Waals surface area contributed by atoms with E-state index >= 15 is 0 Å². The van der Waals surface area contributed by atoms with Crippen molar-refractivity contribution in [3.8, 4) is 0 Å². The lowest BCUT2D eigenvalue weighted by atomic mass is 10.3. The Morgan fingerprint density at radius 1 is 1.44 bits per heavy atom. The summed E-state index contributed by atoms with van der Waals surface area (Å²) in [5.74, 6) is 0.530. The van der Waals surface area contributed by atoms with E-state index in [0.717, 1.165) is 5.56 Å². The fourth-order valence-corrected chi connectivity index (χ4v) is 0.876. The Morgan fingerprint density at radius 2 is 2.11 bits per heavy atom. The second kappa shape index (κ2) is 3.25. The number of nitrogens with zero attached hydrogens (tertiary/aromatic N) is 1. The molecule has 0 aliphatic carbocycles. The first-order chi connectivity index (χ1) is 4.43. The first-order valence-corrected chi connectivity index (χ1v) is 3.48. The highest BCUT2D eigenvalue weighted by atomic mass is 32.1. The summed E-state index contributed by atoms with van der Waals surface area (Å²) in [5, 5.41) is 0. The summed E-state index contributed by atoms with van der Waals surface area (Å²) in [4.78, 5) is 3.82. The van der Waals surface area contributed by atoms with Crippen LogP contribution in [0.1, 0.15) is 5.56 Å². The largest absolute Gasteiger partial charge is 0.463 e. The summed E-state index contributed by atoms with van der Waals surface area (Å²) in [7, 11) is 0. The highest BCUT2D eigenvalue weighted by Gasteiger charge is 1.98. The van der Waals surface area contributed by atoms with E-state index in [-0.39, 0.29) is 0 Å². The van der Waals surface area contributed by atoms with E-state index in [0.29, 0.717) is 17.4 Å². The van der Waals surface area contributed by atoms with E-state index in [9.17, 15) is 4.21 Å². The van der Waals surface area contributed by atoms with Crippen molar-refractivity contribution in [2.45, 2.75) is 5.75 Å². The molecule has 0 amide bonds. The molecule has 3 heteroatoms. The average molecular weight is 140 g/mol. The van der Waals surface area contributed by atoms with Crippen LogP contribution in [0, 0.1) is 0 Å². The van der Waals surface area contributed by atoms with Gasteiger partial charge in [0.1, 0.15) is 0 Å². The van der Waals surface area contributed by atoms with E-state index in [1.54, 1.807) is 12.4 Å². The van der Waals surface area contributed by atoms with Crippen LogP contribution in [0.2, 0.25) is 0 Å². The normalized spacial score (nSPS) is 8.89. The molecule has 1 aromatic heterocycles. The Labute approximate surface area is 57.4 Å². The van der Waals surface area contributed by atoms with Gasteiger partial charge in [0.15, 0.2) is 0 Å². The second-order valence-electron chi connectivity index (χ2n) is 1.62. The Morgan fingerprint density at radius 3 is 2.67 bits per heavy atom. The van der Waals surface area contributed by atoms with Gasteiger partial charge in [-0.3, -0.25) is 4.98 Å². The van der Waals surface area contributed by atoms with Gasteiger partial charge in [0.25, 0.3) is 5.75 Å². The minimum absolute atomic E-state index is 0.530. The summed E-state index contributed by atoms with van der Waals surface area (Å²) in [6, 6.07) is 3.68. The van der Waals surface area contributed by atoms with Crippen LogP contribution in [-0.2, 0) is 21.6 Å². The molecule has 0 aromatic carbocycles. The van der Waals surface area contributed by atoms with Crippen molar-refractivity contribution in [3.63, 3.8) is 0 Å². The lowest BCUT2D eigenvalue weighted by Crippen LogP contribution is -1.80. The molecule has 0 aliphatic rings. The molecule has 0 fully saturated rings. The first-order valence-electron chi connectivity index (χ1n) is 2.57. The minimum Gasteiger partial charge on any atom is -0.265 e. The Hall–Kier alpha value is -0.830. The highest BCUT2D eigenvalue weighted by molar-refractivity contribution is 7.64. The van der Waals surface area contributed by atoms with Gasteiger partial charge in [-0.2, -0.15) is 0 Å². The molecule has 46 valence electrons. The predicted octanol–water partition coefficient (Wildman–Crippen LogP) is 1.01. The molecule has 9 heavy (non-hydrogen) atoms. The quantitative estimate of drug-likeness (QED) is 0.574. The van der Waals surface area contributed by atoms with E-state index in [1.165, 1.54) is 0 Å². The molecule has 0 aliphatic heterocycles. The van der Waals surface area contributed by atoms with Crippen LogP contribution in [0.4, 0.5) is 0 Å². The lowest BCUT2D eigenvalue weighted by molar-refractivity contribution is 0.604. The van der Waals surface area contributed by atoms with Crippen molar-refractivity contribution in [2.24, 2.45) is 0 Å². The van der Waals surface area contributed by atoms with E-state index in [4.69, 9.17) is 0 Å². The third-order valence-electron chi connectivity index (χ3n) is 0.975. The van der Waals surface area contributed by atoms with Crippen LogP contribution in [0.25, 0.3) is 0 Å². The van der Waals surface area contributed by atoms with Crippen LogP contribution in [0.3, 0.4) is 0 Å². The lowest BCUT2D eigenvalue weighted by Gasteiger charge is -1.82. The van der Waals surface area contributed by atoms with Crippen molar-refractivity contribution in [2.75, 3.05) is 0 Å². The maximum absolute atomic E-state index is 10.00. The maximum Gasteiger partial charge on any atom is 0.463 e. The molecular weight excluding hydrogens is 134 g/mol. The van der Waals surface area contributed by atoms with Gasteiger partial charge in [-0.25, -0.2) is 0 Å². The van der Waals surface area contributed by atoms with Crippen LogP contribution in [-0.4, -0.2) is 4.98 Å². The number of rotatable bonds is 2. The molecule has 0 bridgehead atoms. The van der Waals surface area contributed by atoms with Crippen LogP contribution in [0.5, 0.6) is 0 Å². The van der Waals surface area contributed by atoms with Crippen LogP contribution < -0.4 is 0 Å². The fourth-order valence-electron chi connectivity index (χ4n) is 0.547. The number of hydrogen-bond donors (Lipinski definition) is 0. The molecule has 0 unspecified atom stereocenters. The number of pyridine rings is 1. The van der Waals surface area contributed by atoms with Gasteiger partial charge in [-0.05, 0) is 12.1 Å². The molecule has 0 spiro atoms. The molecule has 0 N–H and O–H groups in total. The first kappa shape index (κ1) is 6.29. The topological polar surface area (TPSA) is 30.0 Å². The smallest absolute Gasteiger partial charge is 0.265 e. The predicted molar refractivity (Wildman–Crippen MR) is 36.0 cm³/mol. The zero-order valence-corrected chi connectivity index (χ0v) is 5.60. The molecule has 1 heterocycles. The van der Waals surface area contributed by atoms with Gasteiger partial charge in [0.2, 0.25) is 0 Å². The number of hydrogen-bond acceptors (Lipinski definition) is 2. The van der Waals surface area contributed by atoms with Gasteiger partial charge in [-0.1, -0.05) is 0 Å². The standard InChI is InChI=1S/C6H6NOS/c8-9-5-6-1-3-7-4-2-6/h1-4H,5H2/q+1. The Balaban J connectivity index is 2.72. The van der Waals surface area contributed by atoms with Gasteiger partial charge in [0.05, 0.1) is 0 Å². The fraction of sp³-hybridized carbons (Fsp3) is 0.167. The summed E-state index contributed by atoms with van der Waals surface area (Å²) >= 11 is 0.577. The van der Waals surface area contributed by atoms with Crippen LogP contribution in [0.15, 0.2) is 24.5 Å². The highest BCUT2D eigenvalue weighted by Crippen LogP contribution is 1.94. The van der Waals surface area contributed by atoms with Gasteiger partial charge in [-0.15, -0.1) is 0 Å². The van der Waals surface area contributed by atoms with E-state index in [2.05, 4.69) is 4.98 Å². The maximum atomic E-state index is 10.00. The third-order valence-corrected chi connectivity index (χ3v) is 1.43. The Kier molecular flexibility index (Phi) is 2.27. The number of aromatic nitrogens is 1. The van der Waals surface area contributed by atoms with Crippen molar-refractivity contribution in [1.29, 1.82) is 0 Å². The van der Waals surface area contributed by atoms with Gasteiger partial charge in [0, 0.05) is 22.2 Å². The molecular formula is C6H6NOS+. The molecule has 1 rings (SSSR count). The summed E-state index contributed by atoms with van der Waals surface area (Å²) in [6.07, 6.45) is 3.37. The van der Waals surface area contributed by atoms with Crippen molar-refractivity contribution in [1.82, 2.24) is 4.98 Å². The van der Waals surface area contributed by atoms with Gasteiger partial charge < -0.3 is 0 Å². The SMILES string of the molecule is O=[S+]Cc1ccncc1. The summed E-state index contributed by atoms with van der Waals surface area (Å²) in [5.41, 5.74) is 1.03. The van der Waals surface area contributed by atoms with Gasteiger partial charge >= 0.3 is 11.7 Å². The minimum atomic E-state index is 0.530. The summed E-state index contributed by atoms with van der Waals surface area (Å²) < 4.78 is 10.00. The zero-order chi connectivity index (χ0) is 6.53. The summed E-state index contributed by atoms with van der Waals surface area (Å²) in [6.45, 7) is 0. The molecule has 0 saturated carbocycles. The van der Waals surface area contributed by atoms with E-state index in [1.807, 2.05) is 12.1 Å².